The van der Waals surface area contributed by atoms with Gasteiger partial charge in [0.25, 0.3) is 5.91 Å². The number of benzene rings is 1. The van der Waals surface area contributed by atoms with Gasteiger partial charge in [0.15, 0.2) is 5.13 Å². The van der Waals surface area contributed by atoms with E-state index in [1.807, 2.05) is 0 Å². The Balaban J connectivity index is 1.74. The molecule has 2 amide bonds. The average Bonchev–Trinajstić information content (AvgIpc) is 2.97. The minimum Gasteiger partial charge on any atom is -0.450 e. The van der Waals surface area contributed by atoms with Crippen LogP contribution in [0.1, 0.15) is 27.9 Å². The highest BCUT2D eigenvalue weighted by molar-refractivity contribution is 9.10. The first-order chi connectivity index (χ1) is 12.0. The number of aromatic nitrogens is 1. The Labute approximate surface area is 162 Å². The van der Waals surface area contributed by atoms with Crippen LogP contribution in [0.5, 0.6) is 0 Å². The van der Waals surface area contributed by atoms with Crippen LogP contribution in [0.3, 0.4) is 0 Å². The number of amides is 2. The van der Waals surface area contributed by atoms with E-state index in [2.05, 4.69) is 26.2 Å². The molecule has 3 rings (SSSR count). The Bertz CT molecular complexity index is 827. The number of halogens is 2. The van der Waals surface area contributed by atoms with Crippen LogP contribution in [-0.4, -0.2) is 35.0 Å². The van der Waals surface area contributed by atoms with Gasteiger partial charge in [-0.05, 0) is 25.1 Å². The van der Waals surface area contributed by atoms with Gasteiger partial charge in [0.05, 0.1) is 29.4 Å². The number of hydrogen-bond acceptors (Lipinski definition) is 5. The van der Waals surface area contributed by atoms with Gasteiger partial charge >= 0.3 is 6.09 Å². The van der Waals surface area contributed by atoms with Crippen LogP contribution < -0.4 is 5.32 Å². The van der Waals surface area contributed by atoms with Crippen LogP contribution in [0.2, 0.25) is 5.02 Å². The van der Waals surface area contributed by atoms with Gasteiger partial charge in [0.1, 0.15) is 0 Å². The number of rotatable bonds is 3. The molecule has 0 aliphatic carbocycles. The summed E-state index contributed by atoms with van der Waals surface area (Å²) >= 11 is 10.9. The highest BCUT2D eigenvalue weighted by atomic mass is 79.9. The van der Waals surface area contributed by atoms with Crippen molar-refractivity contribution in [3.8, 4) is 0 Å². The van der Waals surface area contributed by atoms with E-state index in [0.717, 1.165) is 15.0 Å². The van der Waals surface area contributed by atoms with Gasteiger partial charge in [-0.1, -0.05) is 38.9 Å². The van der Waals surface area contributed by atoms with Crippen LogP contribution >= 0.6 is 38.9 Å². The maximum atomic E-state index is 12.8. The van der Waals surface area contributed by atoms with Crippen LogP contribution in [0, 0.1) is 0 Å². The molecule has 2 heterocycles. The van der Waals surface area contributed by atoms with Crippen molar-refractivity contribution < 1.29 is 14.3 Å². The standard InChI is InChI=1S/C16H15BrClN3O3S/c1-2-24-16(23)20-15-19-12-5-6-21(8-13(12)25-15)14(22)10-7-9(17)3-4-11(10)18/h3-4,7H,2,5-6,8H2,1H3,(H,19,20,23). The average molecular weight is 445 g/mol. The van der Waals surface area contributed by atoms with Crippen LogP contribution in [-0.2, 0) is 17.7 Å². The van der Waals surface area contributed by atoms with Crippen LogP contribution in [0.15, 0.2) is 22.7 Å². The summed E-state index contributed by atoms with van der Waals surface area (Å²) in [6, 6.07) is 5.22. The molecule has 6 nitrogen and oxygen atoms in total. The topological polar surface area (TPSA) is 71.5 Å². The molecule has 0 atom stereocenters. The Kier molecular flexibility index (Phi) is 5.61. The summed E-state index contributed by atoms with van der Waals surface area (Å²) in [6.45, 7) is 3.03. The van der Waals surface area contributed by atoms with Crippen molar-refractivity contribution in [2.24, 2.45) is 0 Å². The van der Waals surface area contributed by atoms with E-state index >= 15 is 0 Å². The summed E-state index contributed by atoms with van der Waals surface area (Å²) in [7, 11) is 0. The van der Waals surface area contributed by atoms with Crippen molar-refractivity contribution >= 4 is 56.0 Å². The molecule has 0 saturated carbocycles. The maximum Gasteiger partial charge on any atom is 0.413 e. The summed E-state index contributed by atoms with van der Waals surface area (Å²) in [4.78, 5) is 31.4. The molecular weight excluding hydrogens is 430 g/mol. The summed E-state index contributed by atoms with van der Waals surface area (Å²) in [5.41, 5.74) is 1.37. The number of hydrogen-bond donors (Lipinski definition) is 1. The van der Waals surface area contributed by atoms with Crippen molar-refractivity contribution in [2.45, 2.75) is 19.9 Å². The summed E-state index contributed by atoms with van der Waals surface area (Å²) < 4.78 is 5.65. The zero-order valence-electron chi connectivity index (χ0n) is 13.3. The molecule has 9 heteroatoms. The van der Waals surface area contributed by atoms with Gasteiger partial charge in [0, 0.05) is 22.3 Å². The monoisotopic (exact) mass is 443 g/mol. The summed E-state index contributed by atoms with van der Waals surface area (Å²) in [5.74, 6) is -0.120. The predicted molar refractivity (Wildman–Crippen MR) is 100 cm³/mol. The van der Waals surface area contributed by atoms with Gasteiger partial charge in [-0.3, -0.25) is 10.1 Å². The molecule has 132 valence electrons. The third-order valence-electron chi connectivity index (χ3n) is 3.66. The quantitative estimate of drug-likeness (QED) is 0.765. The molecule has 1 aromatic heterocycles. The lowest BCUT2D eigenvalue weighted by Gasteiger charge is -2.26. The van der Waals surface area contributed by atoms with E-state index in [-0.39, 0.29) is 5.91 Å². The van der Waals surface area contributed by atoms with Crippen molar-refractivity contribution in [3.63, 3.8) is 0 Å². The third kappa shape index (κ3) is 4.13. The zero-order chi connectivity index (χ0) is 18.0. The molecule has 0 saturated heterocycles. The Morgan fingerprint density at radius 1 is 1.48 bits per heavy atom. The van der Waals surface area contributed by atoms with Crippen LogP contribution in [0.4, 0.5) is 9.93 Å². The number of thiazole rings is 1. The predicted octanol–water partition coefficient (Wildman–Crippen LogP) is 4.33. The number of ether oxygens (including phenoxy) is 1. The minimum absolute atomic E-state index is 0.120. The fourth-order valence-electron chi connectivity index (χ4n) is 2.51. The second-order valence-corrected chi connectivity index (χ2v) is 7.74. The van der Waals surface area contributed by atoms with Gasteiger partial charge in [-0.15, -0.1) is 0 Å². The molecule has 0 fully saturated rings. The van der Waals surface area contributed by atoms with E-state index in [0.29, 0.717) is 41.8 Å². The lowest BCUT2D eigenvalue weighted by molar-refractivity contribution is 0.0736. The van der Waals surface area contributed by atoms with Crippen molar-refractivity contribution in [2.75, 3.05) is 18.5 Å². The highest BCUT2D eigenvalue weighted by Crippen LogP contribution is 2.30. The van der Waals surface area contributed by atoms with E-state index in [1.54, 1.807) is 30.0 Å². The molecule has 1 N–H and O–H groups in total. The Hall–Kier alpha value is -1.64. The largest absolute Gasteiger partial charge is 0.450 e. The number of nitrogens with zero attached hydrogens (tertiary/aromatic N) is 2. The van der Waals surface area contributed by atoms with Crippen molar-refractivity contribution in [1.29, 1.82) is 0 Å². The second-order valence-electron chi connectivity index (χ2n) is 5.34. The maximum absolute atomic E-state index is 12.8. The lowest BCUT2D eigenvalue weighted by Crippen LogP contribution is -2.35. The molecule has 1 aliphatic rings. The summed E-state index contributed by atoms with van der Waals surface area (Å²) in [6.07, 6.45) is 0.107. The zero-order valence-corrected chi connectivity index (χ0v) is 16.5. The molecule has 1 aromatic carbocycles. The first-order valence-electron chi connectivity index (χ1n) is 7.64. The lowest BCUT2D eigenvalue weighted by atomic mass is 10.1. The molecule has 2 aromatic rings. The van der Waals surface area contributed by atoms with E-state index in [4.69, 9.17) is 16.3 Å². The van der Waals surface area contributed by atoms with E-state index in [1.165, 1.54) is 11.3 Å². The van der Waals surface area contributed by atoms with Crippen molar-refractivity contribution in [3.05, 3.63) is 43.8 Å². The van der Waals surface area contributed by atoms with Crippen LogP contribution in [0.25, 0.3) is 0 Å². The molecule has 0 bridgehead atoms. The molecule has 1 aliphatic heterocycles. The summed E-state index contributed by atoms with van der Waals surface area (Å²) in [5, 5.41) is 3.52. The number of fused-ring (bicyclic) bond motifs is 1. The fraction of sp³-hybridized carbons (Fsp3) is 0.312. The first kappa shape index (κ1) is 18.2. The molecular formula is C16H15BrClN3O3S. The normalized spacial score (nSPS) is 13.3. The smallest absolute Gasteiger partial charge is 0.413 e. The molecule has 0 unspecified atom stereocenters. The minimum atomic E-state index is -0.526. The van der Waals surface area contributed by atoms with Gasteiger partial charge in [-0.25, -0.2) is 9.78 Å². The SMILES string of the molecule is CCOC(=O)Nc1nc2c(s1)CN(C(=O)c1cc(Br)ccc1Cl)CC2. The molecule has 25 heavy (non-hydrogen) atoms. The highest BCUT2D eigenvalue weighted by Gasteiger charge is 2.26. The Morgan fingerprint density at radius 3 is 3.04 bits per heavy atom. The number of nitrogens with one attached hydrogen (secondary N) is 1. The van der Waals surface area contributed by atoms with E-state index in [9.17, 15) is 9.59 Å². The van der Waals surface area contributed by atoms with Crippen molar-refractivity contribution in [1.82, 2.24) is 9.88 Å². The number of carbonyl (C=O) groups is 2. The fourth-order valence-corrected chi connectivity index (χ4v) is 4.08. The number of carbonyl (C=O) groups excluding carboxylic acids is 2. The first-order valence-corrected chi connectivity index (χ1v) is 9.63. The Morgan fingerprint density at radius 2 is 2.28 bits per heavy atom. The number of anilines is 1. The van der Waals surface area contributed by atoms with Gasteiger partial charge in [-0.2, -0.15) is 0 Å². The third-order valence-corrected chi connectivity index (χ3v) is 5.48. The molecule has 0 spiro atoms. The second kappa shape index (κ2) is 7.72. The van der Waals surface area contributed by atoms with Gasteiger partial charge in [0.2, 0.25) is 0 Å². The van der Waals surface area contributed by atoms with E-state index < -0.39 is 6.09 Å². The van der Waals surface area contributed by atoms with Gasteiger partial charge < -0.3 is 9.64 Å². The molecule has 0 radical (unpaired) electrons.